The number of rotatable bonds is 5. The van der Waals surface area contributed by atoms with Gasteiger partial charge in [-0.25, -0.2) is 8.78 Å². The number of aromatic nitrogens is 2. The molecule has 2 aromatic rings. The Labute approximate surface area is 109 Å². The number of hydrogen-bond donors (Lipinski definition) is 1. The summed E-state index contributed by atoms with van der Waals surface area (Å²) in [4.78, 5) is 0. The second kappa shape index (κ2) is 5.88. The van der Waals surface area contributed by atoms with Crippen LogP contribution in [0.1, 0.15) is 32.2 Å². The highest BCUT2D eigenvalue weighted by atomic mass is 19.2. The monoisotopic (exact) mass is 267 g/mol. The maximum atomic E-state index is 13.6. The number of hydrogen-bond acceptors (Lipinski definition) is 4. The van der Waals surface area contributed by atoms with Crippen LogP contribution in [0, 0.1) is 11.6 Å². The molecule has 0 amide bonds. The van der Waals surface area contributed by atoms with Crippen molar-refractivity contribution in [2.45, 2.75) is 26.3 Å². The van der Waals surface area contributed by atoms with E-state index in [2.05, 4.69) is 15.5 Å². The predicted molar refractivity (Wildman–Crippen MR) is 66.4 cm³/mol. The Morgan fingerprint density at radius 1 is 1.26 bits per heavy atom. The Morgan fingerprint density at radius 3 is 2.74 bits per heavy atom. The normalized spacial score (nSPS) is 12.6. The van der Waals surface area contributed by atoms with E-state index in [1.54, 1.807) is 0 Å². The first kappa shape index (κ1) is 13.6. The molecule has 0 saturated heterocycles. The quantitative estimate of drug-likeness (QED) is 0.904. The minimum atomic E-state index is -0.978. The first-order chi connectivity index (χ1) is 9.17. The lowest BCUT2D eigenvalue weighted by atomic mass is 10.2. The van der Waals surface area contributed by atoms with E-state index >= 15 is 0 Å². The summed E-state index contributed by atoms with van der Waals surface area (Å²) in [6.45, 7) is 4.69. The van der Waals surface area contributed by atoms with Crippen molar-refractivity contribution in [3.63, 3.8) is 0 Å². The van der Waals surface area contributed by atoms with Gasteiger partial charge in [-0.3, -0.25) is 0 Å². The molecule has 0 aliphatic carbocycles. The Kier molecular flexibility index (Phi) is 4.21. The molecule has 102 valence electrons. The number of nitrogens with one attached hydrogen (secondary N) is 1. The van der Waals surface area contributed by atoms with Gasteiger partial charge in [0, 0.05) is 0 Å². The maximum Gasteiger partial charge on any atom is 0.250 e. The molecular weight excluding hydrogens is 252 g/mol. The fraction of sp³-hybridized carbons (Fsp3) is 0.385. The molecule has 0 aliphatic rings. The van der Waals surface area contributed by atoms with Gasteiger partial charge in [0.05, 0.1) is 11.6 Å². The molecule has 2 rings (SSSR count). The summed E-state index contributed by atoms with van der Waals surface area (Å²) in [5, 5.41) is 10.8. The average molecular weight is 267 g/mol. The van der Waals surface area contributed by atoms with E-state index in [-0.39, 0.29) is 17.5 Å². The van der Waals surface area contributed by atoms with Crippen LogP contribution in [-0.2, 0) is 0 Å². The van der Waals surface area contributed by atoms with E-state index in [4.69, 9.17) is 4.42 Å². The van der Waals surface area contributed by atoms with Crippen LogP contribution in [0.5, 0.6) is 0 Å². The standard InChI is InChI=1S/C13H15F2N3O/c1-3-10(16-4-2)13-18-17-12(19-13)8-6-5-7-9(14)11(8)15/h5-7,10,16H,3-4H2,1-2H3. The van der Waals surface area contributed by atoms with Crippen LogP contribution in [0.25, 0.3) is 11.5 Å². The molecule has 1 heterocycles. The molecule has 1 aromatic carbocycles. The van der Waals surface area contributed by atoms with Crippen molar-refractivity contribution < 1.29 is 13.2 Å². The van der Waals surface area contributed by atoms with Crippen molar-refractivity contribution >= 4 is 0 Å². The molecule has 4 nitrogen and oxygen atoms in total. The Morgan fingerprint density at radius 2 is 2.05 bits per heavy atom. The first-order valence-electron chi connectivity index (χ1n) is 6.18. The summed E-state index contributed by atoms with van der Waals surface area (Å²) in [7, 11) is 0. The minimum Gasteiger partial charge on any atom is -0.419 e. The van der Waals surface area contributed by atoms with Gasteiger partial charge in [-0.1, -0.05) is 19.9 Å². The maximum absolute atomic E-state index is 13.6. The van der Waals surface area contributed by atoms with Crippen molar-refractivity contribution in [2.24, 2.45) is 0 Å². The summed E-state index contributed by atoms with van der Waals surface area (Å²) in [6.07, 6.45) is 0.765. The molecule has 1 aromatic heterocycles. The lowest BCUT2D eigenvalue weighted by Crippen LogP contribution is -2.20. The first-order valence-corrected chi connectivity index (χ1v) is 6.18. The van der Waals surface area contributed by atoms with Gasteiger partial charge in [-0.2, -0.15) is 0 Å². The topological polar surface area (TPSA) is 51.0 Å². The second-order valence-corrected chi connectivity index (χ2v) is 4.07. The lowest BCUT2D eigenvalue weighted by Gasteiger charge is -2.10. The van der Waals surface area contributed by atoms with Gasteiger partial charge in [-0.15, -0.1) is 10.2 Å². The van der Waals surface area contributed by atoms with Gasteiger partial charge < -0.3 is 9.73 Å². The van der Waals surface area contributed by atoms with Crippen molar-refractivity contribution in [1.82, 2.24) is 15.5 Å². The largest absolute Gasteiger partial charge is 0.419 e. The van der Waals surface area contributed by atoms with Crippen molar-refractivity contribution in [2.75, 3.05) is 6.54 Å². The second-order valence-electron chi connectivity index (χ2n) is 4.07. The predicted octanol–water partition coefficient (Wildman–Crippen LogP) is 3.08. The fourth-order valence-electron chi connectivity index (χ4n) is 1.81. The van der Waals surface area contributed by atoms with Crippen LogP contribution in [0.15, 0.2) is 22.6 Å². The van der Waals surface area contributed by atoms with E-state index in [1.165, 1.54) is 12.1 Å². The third-order valence-electron chi connectivity index (χ3n) is 2.78. The highest BCUT2D eigenvalue weighted by Crippen LogP contribution is 2.25. The summed E-state index contributed by atoms with van der Waals surface area (Å²) >= 11 is 0. The molecule has 1 unspecified atom stereocenters. The summed E-state index contributed by atoms with van der Waals surface area (Å²) in [6, 6.07) is 3.77. The van der Waals surface area contributed by atoms with Crippen molar-refractivity contribution in [3.8, 4) is 11.5 Å². The third kappa shape index (κ3) is 2.78. The zero-order chi connectivity index (χ0) is 13.8. The van der Waals surface area contributed by atoms with Crippen LogP contribution in [0.4, 0.5) is 8.78 Å². The third-order valence-corrected chi connectivity index (χ3v) is 2.78. The molecule has 1 atom stereocenters. The van der Waals surface area contributed by atoms with Gasteiger partial charge in [0.15, 0.2) is 11.6 Å². The van der Waals surface area contributed by atoms with Gasteiger partial charge in [-0.05, 0) is 25.1 Å². The zero-order valence-corrected chi connectivity index (χ0v) is 10.8. The fourth-order valence-corrected chi connectivity index (χ4v) is 1.81. The van der Waals surface area contributed by atoms with Crippen molar-refractivity contribution in [3.05, 3.63) is 35.7 Å². The van der Waals surface area contributed by atoms with E-state index in [9.17, 15) is 8.78 Å². The van der Waals surface area contributed by atoms with Crippen LogP contribution in [0.3, 0.4) is 0 Å². The molecule has 6 heteroatoms. The summed E-state index contributed by atoms with van der Waals surface area (Å²) in [5.41, 5.74) is -0.0231. The molecule has 0 spiro atoms. The Bertz CT molecular complexity index is 557. The van der Waals surface area contributed by atoms with Crippen LogP contribution in [0.2, 0.25) is 0 Å². The molecule has 0 radical (unpaired) electrons. The smallest absolute Gasteiger partial charge is 0.250 e. The molecule has 19 heavy (non-hydrogen) atoms. The molecule has 0 aliphatic heterocycles. The SMILES string of the molecule is CCNC(CC)c1nnc(-c2cccc(F)c2F)o1. The van der Waals surface area contributed by atoms with Gasteiger partial charge >= 0.3 is 0 Å². The molecular formula is C13H15F2N3O. The van der Waals surface area contributed by atoms with Crippen LogP contribution in [-0.4, -0.2) is 16.7 Å². The summed E-state index contributed by atoms with van der Waals surface area (Å²) < 4.78 is 32.2. The summed E-state index contributed by atoms with van der Waals surface area (Å²) in [5.74, 6) is -1.54. The molecule has 1 N–H and O–H groups in total. The van der Waals surface area contributed by atoms with Gasteiger partial charge in [0.25, 0.3) is 5.89 Å². The lowest BCUT2D eigenvalue weighted by molar-refractivity contribution is 0.400. The Hall–Kier alpha value is -1.82. The van der Waals surface area contributed by atoms with Crippen molar-refractivity contribution in [1.29, 1.82) is 0 Å². The molecule has 0 bridgehead atoms. The van der Waals surface area contributed by atoms with Gasteiger partial charge in [0.2, 0.25) is 5.89 Å². The average Bonchev–Trinajstić information content (AvgIpc) is 2.88. The molecule has 0 saturated carbocycles. The highest BCUT2D eigenvalue weighted by Gasteiger charge is 2.19. The van der Waals surface area contributed by atoms with Gasteiger partial charge in [0.1, 0.15) is 0 Å². The van der Waals surface area contributed by atoms with E-state index in [0.717, 1.165) is 19.0 Å². The zero-order valence-electron chi connectivity index (χ0n) is 10.8. The molecule has 0 fully saturated rings. The van der Waals surface area contributed by atoms with E-state index in [1.807, 2.05) is 13.8 Å². The number of nitrogens with zero attached hydrogens (tertiary/aromatic N) is 2. The minimum absolute atomic E-state index is 0.0108. The van der Waals surface area contributed by atoms with E-state index < -0.39 is 11.6 Å². The van der Waals surface area contributed by atoms with E-state index in [0.29, 0.717) is 5.89 Å². The number of halogens is 2. The number of benzene rings is 1. The van der Waals surface area contributed by atoms with Crippen LogP contribution >= 0.6 is 0 Å². The van der Waals surface area contributed by atoms with Crippen LogP contribution < -0.4 is 5.32 Å². The highest BCUT2D eigenvalue weighted by molar-refractivity contribution is 5.53. The Balaban J connectivity index is 2.32.